The highest BCUT2D eigenvalue weighted by Crippen LogP contribution is 2.27. The van der Waals surface area contributed by atoms with E-state index < -0.39 is 10.0 Å². The second-order valence-corrected chi connectivity index (χ2v) is 8.50. The highest BCUT2D eigenvalue weighted by atomic mass is 32.2. The number of nitrogens with one attached hydrogen (secondary N) is 1. The number of hydrogen-bond donors (Lipinski definition) is 1. The Morgan fingerprint density at radius 2 is 1.95 bits per heavy atom. The highest BCUT2D eigenvalue weighted by Gasteiger charge is 2.37. The minimum absolute atomic E-state index is 0.0639. The molecule has 6 nitrogen and oxygen atoms in total. The van der Waals surface area contributed by atoms with Crippen LogP contribution in [0.1, 0.15) is 39.1 Å². The summed E-state index contributed by atoms with van der Waals surface area (Å²) >= 11 is 0. The zero-order valence-corrected chi connectivity index (χ0v) is 15.2. The third-order valence-electron chi connectivity index (χ3n) is 4.40. The van der Waals surface area contributed by atoms with Crippen molar-refractivity contribution in [3.8, 4) is 0 Å². The summed E-state index contributed by atoms with van der Waals surface area (Å²) in [5, 5.41) is 7.77. The molecule has 7 heteroatoms. The van der Waals surface area contributed by atoms with Crippen LogP contribution < -0.4 is 5.32 Å². The van der Waals surface area contributed by atoms with Crippen molar-refractivity contribution in [3.05, 3.63) is 11.4 Å². The molecule has 1 aromatic rings. The van der Waals surface area contributed by atoms with E-state index in [1.165, 1.54) is 0 Å². The van der Waals surface area contributed by atoms with E-state index in [1.807, 2.05) is 25.5 Å². The van der Waals surface area contributed by atoms with E-state index in [2.05, 4.69) is 24.3 Å². The summed E-state index contributed by atoms with van der Waals surface area (Å²) in [4.78, 5) is 0.383. The predicted octanol–water partition coefficient (Wildman–Crippen LogP) is 1.53. The van der Waals surface area contributed by atoms with Crippen molar-refractivity contribution in [1.82, 2.24) is 19.4 Å². The quantitative estimate of drug-likeness (QED) is 0.910. The summed E-state index contributed by atoms with van der Waals surface area (Å²) in [7, 11) is -3.51. The molecule has 0 aliphatic carbocycles. The van der Waals surface area contributed by atoms with Crippen LogP contribution in [0.2, 0.25) is 0 Å². The summed E-state index contributed by atoms with van der Waals surface area (Å²) in [6.07, 6.45) is 0. The minimum atomic E-state index is -3.51. The lowest BCUT2D eigenvalue weighted by atomic mass is 10.1. The molecule has 2 atom stereocenters. The summed E-state index contributed by atoms with van der Waals surface area (Å²) in [6, 6.07) is 0.0841. The fourth-order valence-corrected chi connectivity index (χ4v) is 5.14. The van der Waals surface area contributed by atoms with Crippen molar-refractivity contribution in [2.45, 2.75) is 65.1 Å². The van der Waals surface area contributed by atoms with Crippen LogP contribution in [0.3, 0.4) is 0 Å². The molecule has 0 aromatic carbocycles. The van der Waals surface area contributed by atoms with E-state index in [0.29, 0.717) is 29.6 Å². The molecule has 0 amide bonds. The fourth-order valence-electron chi connectivity index (χ4n) is 3.06. The van der Waals surface area contributed by atoms with Crippen LogP contribution in [-0.4, -0.2) is 47.7 Å². The predicted molar refractivity (Wildman–Crippen MR) is 87.4 cm³/mol. The van der Waals surface area contributed by atoms with E-state index in [0.717, 1.165) is 12.2 Å². The summed E-state index contributed by atoms with van der Waals surface area (Å²) in [5.74, 6) is 0.423. The Bertz CT molecular complexity index is 636. The lowest BCUT2D eigenvalue weighted by Gasteiger charge is -2.37. The smallest absolute Gasteiger partial charge is 0.247 e. The van der Waals surface area contributed by atoms with Gasteiger partial charge in [-0.15, -0.1) is 0 Å². The van der Waals surface area contributed by atoms with Crippen LogP contribution >= 0.6 is 0 Å². The second-order valence-electron chi connectivity index (χ2n) is 6.68. The molecule has 1 aliphatic rings. The lowest BCUT2D eigenvalue weighted by Crippen LogP contribution is -2.57. The van der Waals surface area contributed by atoms with Gasteiger partial charge < -0.3 is 5.32 Å². The first-order chi connectivity index (χ1) is 10.2. The Kier molecular flexibility index (Phi) is 4.99. The molecule has 1 saturated heterocycles. The van der Waals surface area contributed by atoms with Gasteiger partial charge in [0, 0.05) is 31.7 Å². The molecule has 2 heterocycles. The lowest BCUT2D eigenvalue weighted by molar-refractivity contribution is 0.232. The standard InChI is InChI=1S/C15H28N4O2S/c1-10(2)9-18-14(6)15(12(4)17-18)22(20,21)19-8-7-16-11(3)13(19)5/h10-11,13,16H,7-9H2,1-6H3. The van der Waals surface area contributed by atoms with Gasteiger partial charge in [-0.1, -0.05) is 13.8 Å². The molecule has 2 rings (SSSR count). The summed E-state index contributed by atoms with van der Waals surface area (Å²) in [6.45, 7) is 13.7. The number of sulfonamides is 1. The minimum Gasteiger partial charge on any atom is -0.311 e. The molecular formula is C15H28N4O2S. The molecule has 1 aliphatic heterocycles. The van der Waals surface area contributed by atoms with Crippen molar-refractivity contribution in [2.24, 2.45) is 5.92 Å². The molecular weight excluding hydrogens is 300 g/mol. The van der Waals surface area contributed by atoms with E-state index in [9.17, 15) is 8.42 Å². The first kappa shape index (κ1) is 17.4. The van der Waals surface area contributed by atoms with Gasteiger partial charge in [0.1, 0.15) is 4.90 Å². The maximum Gasteiger partial charge on any atom is 0.247 e. The second kappa shape index (κ2) is 6.29. The van der Waals surface area contributed by atoms with Crippen molar-refractivity contribution >= 4 is 10.0 Å². The zero-order valence-electron chi connectivity index (χ0n) is 14.4. The Balaban J connectivity index is 2.43. The fraction of sp³-hybridized carbons (Fsp3) is 0.800. The van der Waals surface area contributed by atoms with Crippen LogP contribution in [0.15, 0.2) is 4.90 Å². The average Bonchev–Trinajstić information content (AvgIpc) is 2.67. The monoisotopic (exact) mass is 328 g/mol. The van der Waals surface area contributed by atoms with Gasteiger partial charge in [0.2, 0.25) is 10.0 Å². The van der Waals surface area contributed by atoms with Crippen molar-refractivity contribution in [3.63, 3.8) is 0 Å². The SMILES string of the molecule is Cc1nn(CC(C)C)c(C)c1S(=O)(=O)N1CCNC(C)C1C. The van der Waals surface area contributed by atoms with Crippen LogP contribution in [0.25, 0.3) is 0 Å². The zero-order chi connectivity index (χ0) is 16.7. The molecule has 126 valence electrons. The number of hydrogen-bond acceptors (Lipinski definition) is 4. The molecule has 1 fully saturated rings. The van der Waals surface area contributed by atoms with Gasteiger partial charge in [-0.3, -0.25) is 4.68 Å². The molecule has 0 spiro atoms. The summed E-state index contributed by atoms with van der Waals surface area (Å²) < 4.78 is 29.7. The Morgan fingerprint density at radius 3 is 2.55 bits per heavy atom. The van der Waals surface area contributed by atoms with Crippen LogP contribution in [-0.2, 0) is 16.6 Å². The normalized spacial score (nSPS) is 24.1. The molecule has 2 unspecified atom stereocenters. The third kappa shape index (κ3) is 3.07. The molecule has 1 N–H and O–H groups in total. The molecule has 0 saturated carbocycles. The number of nitrogens with zero attached hydrogens (tertiary/aromatic N) is 3. The van der Waals surface area contributed by atoms with Gasteiger partial charge in [-0.2, -0.15) is 9.40 Å². The number of aromatic nitrogens is 2. The average molecular weight is 328 g/mol. The maximum absolute atomic E-state index is 13.1. The van der Waals surface area contributed by atoms with Gasteiger partial charge >= 0.3 is 0 Å². The molecule has 22 heavy (non-hydrogen) atoms. The van der Waals surface area contributed by atoms with Gasteiger partial charge in [0.25, 0.3) is 0 Å². The van der Waals surface area contributed by atoms with Crippen molar-refractivity contribution in [1.29, 1.82) is 0 Å². The van der Waals surface area contributed by atoms with E-state index in [-0.39, 0.29) is 12.1 Å². The molecule has 0 bridgehead atoms. The van der Waals surface area contributed by atoms with E-state index >= 15 is 0 Å². The highest BCUT2D eigenvalue weighted by molar-refractivity contribution is 7.89. The van der Waals surface area contributed by atoms with E-state index in [1.54, 1.807) is 11.2 Å². The van der Waals surface area contributed by atoms with Crippen LogP contribution in [0, 0.1) is 19.8 Å². The summed E-state index contributed by atoms with van der Waals surface area (Å²) in [5.41, 5.74) is 1.33. The number of aryl methyl sites for hydroxylation is 1. The van der Waals surface area contributed by atoms with Gasteiger partial charge in [-0.25, -0.2) is 8.42 Å². The number of rotatable bonds is 4. The first-order valence-corrected chi connectivity index (χ1v) is 9.39. The van der Waals surface area contributed by atoms with Crippen LogP contribution in [0.4, 0.5) is 0 Å². The molecule has 1 aromatic heterocycles. The Hall–Kier alpha value is -0.920. The van der Waals surface area contributed by atoms with E-state index in [4.69, 9.17) is 0 Å². The van der Waals surface area contributed by atoms with Gasteiger partial charge in [0.15, 0.2) is 0 Å². The third-order valence-corrected chi connectivity index (χ3v) is 6.64. The topological polar surface area (TPSA) is 67.2 Å². The van der Waals surface area contributed by atoms with Crippen molar-refractivity contribution in [2.75, 3.05) is 13.1 Å². The van der Waals surface area contributed by atoms with Gasteiger partial charge in [0.05, 0.1) is 11.4 Å². The number of piperazine rings is 1. The first-order valence-electron chi connectivity index (χ1n) is 7.95. The van der Waals surface area contributed by atoms with Crippen molar-refractivity contribution < 1.29 is 8.42 Å². The largest absolute Gasteiger partial charge is 0.311 e. The molecule has 0 radical (unpaired) electrons. The Morgan fingerprint density at radius 1 is 1.32 bits per heavy atom. The maximum atomic E-state index is 13.1. The van der Waals surface area contributed by atoms with Gasteiger partial charge in [-0.05, 0) is 33.6 Å². The van der Waals surface area contributed by atoms with Crippen LogP contribution in [0.5, 0.6) is 0 Å². The Labute approximate surface area is 133 Å².